The van der Waals surface area contributed by atoms with Crippen molar-refractivity contribution in [2.24, 2.45) is 0 Å². The minimum atomic E-state index is -0.218. The molecule has 0 heterocycles. The first-order valence-corrected chi connectivity index (χ1v) is 6.36. The number of carbonyl (C=O) groups excluding carboxylic acids is 1. The number of hydrogen-bond donors (Lipinski definition) is 2. The fourth-order valence-electron chi connectivity index (χ4n) is 2.28. The van der Waals surface area contributed by atoms with Gasteiger partial charge in [-0.2, -0.15) is 5.26 Å². The first-order chi connectivity index (χ1) is 8.79. The van der Waals surface area contributed by atoms with Crippen LogP contribution >= 0.6 is 0 Å². The molecule has 4 heteroatoms. The fourth-order valence-corrected chi connectivity index (χ4v) is 2.28. The summed E-state index contributed by atoms with van der Waals surface area (Å²) in [4.78, 5) is 11.8. The Labute approximate surface area is 107 Å². The van der Waals surface area contributed by atoms with Crippen molar-refractivity contribution in [2.75, 3.05) is 5.32 Å². The number of nitriles is 1. The molecule has 4 nitrogen and oxygen atoms in total. The zero-order valence-corrected chi connectivity index (χ0v) is 10.3. The third-order valence-electron chi connectivity index (χ3n) is 3.24. The van der Waals surface area contributed by atoms with Gasteiger partial charge in [0.2, 0.25) is 0 Å². The minimum absolute atomic E-state index is 0.218. The van der Waals surface area contributed by atoms with Crippen molar-refractivity contribution in [2.45, 2.75) is 38.1 Å². The molecule has 0 aromatic heterocycles. The Hall–Kier alpha value is -2.02. The predicted molar refractivity (Wildman–Crippen MR) is 70.2 cm³/mol. The molecule has 1 aromatic carbocycles. The summed E-state index contributed by atoms with van der Waals surface area (Å²) >= 11 is 0. The molecule has 2 rings (SSSR count). The molecule has 0 bridgehead atoms. The van der Waals surface area contributed by atoms with E-state index >= 15 is 0 Å². The molecule has 1 aliphatic rings. The van der Waals surface area contributed by atoms with Crippen molar-refractivity contribution in [1.29, 1.82) is 5.26 Å². The van der Waals surface area contributed by atoms with Gasteiger partial charge in [-0.3, -0.25) is 0 Å². The van der Waals surface area contributed by atoms with Crippen LogP contribution in [0.4, 0.5) is 10.5 Å². The maximum absolute atomic E-state index is 11.8. The molecule has 0 unspecified atom stereocenters. The molecule has 0 radical (unpaired) electrons. The standard InChI is InChI=1S/C14H17N3O/c15-10-11-6-4-5-9-13(11)17-14(18)16-12-7-2-1-3-8-12/h4-6,9,12H,1-3,7-8H2,(H2,16,17,18). The van der Waals surface area contributed by atoms with E-state index in [0.29, 0.717) is 11.3 Å². The molecule has 94 valence electrons. The van der Waals surface area contributed by atoms with Gasteiger partial charge in [-0.25, -0.2) is 4.79 Å². The number of rotatable bonds is 2. The maximum atomic E-state index is 11.8. The topological polar surface area (TPSA) is 64.9 Å². The van der Waals surface area contributed by atoms with Crippen LogP contribution in [0.15, 0.2) is 24.3 Å². The maximum Gasteiger partial charge on any atom is 0.319 e. The molecule has 2 N–H and O–H groups in total. The van der Waals surface area contributed by atoms with Gasteiger partial charge in [0, 0.05) is 6.04 Å². The van der Waals surface area contributed by atoms with Gasteiger partial charge in [0.05, 0.1) is 11.3 Å². The average Bonchev–Trinajstić information content (AvgIpc) is 2.40. The van der Waals surface area contributed by atoms with Gasteiger partial charge in [0.25, 0.3) is 0 Å². The first kappa shape index (κ1) is 12.4. The molecule has 0 atom stereocenters. The second kappa shape index (κ2) is 6.06. The van der Waals surface area contributed by atoms with Crippen LogP contribution in [-0.2, 0) is 0 Å². The number of amides is 2. The Balaban J connectivity index is 1.92. The molecule has 0 spiro atoms. The number of nitrogens with one attached hydrogen (secondary N) is 2. The smallest absolute Gasteiger partial charge is 0.319 e. The second-order valence-corrected chi connectivity index (χ2v) is 4.59. The van der Waals surface area contributed by atoms with E-state index in [4.69, 9.17) is 5.26 Å². The Morgan fingerprint density at radius 2 is 1.94 bits per heavy atom. The van der Waals surface area contributed by atoms with Crippen LogP contribution in [0.25, 0.3) is 0 Å². The highest BCUT2D eigenvalue weighted by molar-refractivity contribution is 5.90. The van der Waals surface area contributed by atoms with Crippen LogP contribution in [0.1, 0.15) is 37.7 Å². The van der Waals surface area contributed by atoms with Crippen LogP contribution < -0.4 is 10.6 Å². The summed E-state index contributed by atoms with van der Waals surface area (Å²) in [6.45, 7) is 0. The van der Waals surface area contributed by atoms with Crippen molar-refractivity contribution in [3.8, 4) is 6.07 Å². The number of hydrogen-bond acceptors (Lipinski definition) is 2. The van der Waals surface area contributed by atoms with E-state index in [1.54, 1.807) is 24.3 Å². The molecule has 1 aromatic rings. The van der Waals surface area contributed by atoms with E-state index in [1.165, 1.54) is 19.3 Å². The highest BCUT2D eigenvalue weighted by Gasteiger charge is 2.15. The van der Waals surface area contributed by atoms with Crippen LogP contribution in [0.2, 0.25) is 0 Å². The molecule has 1 aliphatic carbocycles. The average molecular weight is 243 g/mol. The summed E-state index contributed by atoms with van der Waals surface area (Å²) in [6, 6.07) is 9.12. The number of benzene rings is 1. The summed E-state index contributed by atoms with van der Waals surface area (Å²) < 4.78 is 0. The fraction of sp³-hybridized carbons (Fsp3) is 0.429. The van der Waals surface area contributed by atoms with Crippen molar-refractivity contribution < 1.29 is 4.79 Å². The zero-order chi connectivity index (χ0) is 12.8. The van der Waals surface area contributed by atoms with Crippen LogP contribution in [0.3, 0.4) is 0 Å². The second-order valence-electron chi connectivity index (χ2n) is 4.59. The highest BCUT2D eigenvalue weighted by Crippen LogP contribution is 2.18. The summed E-state index contributed by atoms with van der Waals surface area (Å²) in [5, 5.41) is 14.6. The lowest BCUT2D eigenvalue weighted by atomic mass is 9.96. The van der Waals surface area contributed by atoms with Crippen molar-refractivity contribution in [3.05, 3.63) is 29.8 Å². The van der Waals surface area contributed by atoms with Gasteiger partial charge in [0.15, 0.2) is 0 Å². The number of nitrogens with zero attached hydrogens (tertiary/aromatic N) is 1. The van der Waals surface area contributed by atoms with Crippen molar-refractivity contribution in [1.82, 2.24) is 5.32 Å². The van der Waals surface area contributed by atoms with Gasteiger partial charge < -0.3 is 10.6 Å². The number of anilines is 1. The lowest BCUT2D eigenvalue weighted by Crippen LogP contribution is -2.39. The van der Waals surface area contributed by atoms with E-state index < -0.39 is 0 Å². The molecule has 0 saturated heterocycles. The van der Waals surface area contributed by atoms with Gasteiger partial charge >= 0.3 is 6.03 Å². The van der Waals surface area contributed by atoms with Gasteiger partial charge in [-0.15, -0.1) is 0 Å². The van der Waals surface area contributed by atoms with Crippen LogP contribution in [-0.4, -0.2) is 12.1 Å². The van der Waals surface area contributed by atoms with Gasteiger partial charge in [-0.05, 0) is 25.0 Å². The monoisotopic (exact) mass is 243 g/mol. The third-order valence-corrected chi connectivity index (χ3v) is 3.24. The molecule has 1 saturated carbocycles. The third kappa shape index (κ3) is 3.24. The Morgan fingerprint density at radius 3 is 2.67 bits per heavy atom. The zero-order valence-electron chi connectivity index (χ0n) is 10.3. The largest absolute Gasteiger partial charge is 0.335 e. The normalized spacial score (nSPS) is 15.7. The molecule has 18 heavy (non-hydrogen) atoms. The highest BCUT2D eigenvalue weighted by atomic mass is 16.2. The van der Waals surface area contributed by atoms with E-state index in [1.807, 2.05) is 0 Å². The Morgan fingerprint density at radius 1 is 1.22 bits per heavy atom. The van der Waals surface area contributed by atoms with Crippen molar-refractivity contribution in [3.63, 3.8) is 0 Å². The Kier molecular flexibility index (Phi) is 4.19. The summed E-state index contributed by atoms with van der Waals surface area (Å²) in [7, 11) is 0. The lowest BCUT2D eigenvalue weighted by molar-refractivity contribution is 0.244. The van der Waals surface area contributed by atoms with Crippen LogP contribution in [0, 0.1) is 11.3 Å². The summed E-state index contributed by atoms with van der Waals surface area (Å²) in [5.41, 5.74) is 1.05. The quantitative estimate of drug-likeness (QED) is 0.838. The van der Waals surface area contributed by atoms with E-state index in [0.717, 1.165) is 12.8 Å². The first-order valence-electron chi connectivity index (χ1n) is 6.36. The van der Waals surface area contributed by atoms with E-state index in [-0.39, 0.29) is 12.1 Å². The van der Waals surface area contributed by atoms with Gasteiger partial charge in [-0.1, -0.05) is 31.4 Å². The molecular formula is C14H17N3O. The number of para-hydroxylation sites is 1. The molecule has 1 fully saturated rings. The number of urea groups is 1. The van der Waals surface area contributed by atoms with Crippen LogP contribution in [0.5, 0.6) is 0 Å². The number of carbonyl (C=O) groups is 1. The minimum Gasteiger partial charge on any atom is -0.335 e. The van der Waals surface area contributed by atoms with E-state index in [2.05, 4.69) is 16.7 Å². The van der Waals surface area contributed by atoms with Gasteiger partial charge in [0.1, 0.15) is 6.07 Å². The SMILES string of the molecule is N#Cc1ccccc1NC(=O)NC1CCCCC1. The Bertz CT molecular complexity index is 458. The lowest BCUT2D eigenvalue weighted by Gasteiger charge is -2.22. The molecule has 0 aliphatic heterocycles. The molecular weight excluding hydrogens is 226 g/mol. The summed E-state index contributed by atoms with van der Waals surface area (Å²) in [5.74, 6) is 0. The predicted octanol–water partition coefficient (Wildman–Crippen LogP) is 3.01. The summed E-state index contributed by atoms with van der Waals surface area (Å²) in [6.07, 6.45) is 5.72. The molecule has 2 amide bonds. The van der Waals surface area contributed by atoms with Crippen molar-refractivity contribution >= 4 is 11.7 Å². The van der Waals surface area contributed by atoms with E-state index in [9.17, 15) is 4.79 Å².